The number of nitrogens with one attached hydrogen (secondary N) is 2. The lowest BCUT2D eigenvalue weighted by Crippen LogP contribution is -2.36. The van der Waals surface area contributed by atoms with Gasteiger partial charge >= 0.3 is 5.97 Å². The molecule has 3 amide bonds. The fourth-order valence-electron chi connectivity index (χ4n) is 1.92. The fourth-order valence-corrected chi connectivity index (χ4v) is 2.70. The van der Waals surface area contributed by atoms with Crippen molar-refractivity contribution >= 4 is 35.0 Å². The van der Waals surface area contributed by atoms with E-state index >= 15 is 0 Å². The highest BCUT2D eigenvalue weighted by atomic mass is 32.1. The number of thiophene rings is 1. The predicted octanol–water partition coefficient (Wildman–Crippen LogP) is 0.625. The molecule has 0 atom stereocenters. The molecule has 2 N–H and O–H groups in total. The van der Waals surface area contributed by atoms with E-state index in [1.165, 1.54) is 11.3 Å². The third kappa shape index (κ3) is 5.28. The molecule has 2 rings (SSSR count). The van der Waals surface area contributed by atoms with Crippen molar-refractivity contribution < 1.29 is 23.9 Å². The van der Waals surface area contributed by atoms with Gasteiger partial charge in [-0.15, -0.1) is 11.3 Å². The molecule has 8 nitrogen and oxygen atoms in total. The van der Waals surface area contributed by atoms with Crippen LogP contribution in [-0.2, 0) is 21.4 Å². The van der Waals surface area contributed by atoms with E-state index in [4.69, 9.17) is 4.74 Å². The summed E-state index contributed by atoms with van der Waals surface area (Å²) in [6.07, 6.45) is 1.66. The van der Waals surface area contributed by atoms with Crippen LogP contribution >= 0.6 is 11.3 Å². The first kappa shape index (κ1) is 18.4. The van der Waals surface area contributed by atoms with Crippen LogP contribution < -0.4 is 10.6 Å². The molecule has 0 aliphatic carbocycles. The summed E-state index contributed by atoms with van der Waals surface area (Å²) in [5, 5.41) is 4.51. The summed E-state index contributed by atoms with van der Waals surface area (Å²) >= 11 is 1.30. The van der Waals surface area contributed by atoms with Crippen LogP contribution in [0, 0.1) is 6.92 Å². The number of hydrogen-bond acceptors (Lipinski definition) is 6. The standard InChI is InChI=1S/C16H17N3O5S/c1-10-5-6-12(25-10)16(23)17-8-14(21)24-9-13(20)18-15(22)11-4-3-7-19(11)2/h3-7H,8-9H2,1-2H3,(H,17,23)(H,18,20,22). The number of aromatic nitrogens is 1. The maximum Gasteiger partial charge on any atom is 0.325 e. The molecule has 0 aliphatic heterocycles. The molecular formula is C16H17N3O5S. The van der Waals surface area contributed by atoms with Crippen molar-refractivity contribution in [1.29, 1.82) is 0 Å². The smallest absolute Gasteiger partial charge is 0.325 e. The van der Waals surface area contributed by atoms with E-state index in [0.29, 0.717) is 10.6 Å². The van der Waals surface area contributed by atoms with Crippen molar-refractivity contribution in [2.75, 3.05) is 13.2 Å². The summed E-state index contributed by atoms with van der Waals surface area (Å²) in [4.78, 5) is 48.2. The summed E-state index contributed by atoms with van der Waals surface area (Å²) in [6, 6.07) is 6.67. The Kier molecular flexibility index (Phi) is 6.07. The number of rotatable bonds is 6. The number of amides is 3. The van der Waals surface area contributed by atoms with Crippen LogP contribution in [0.4, 0.5) is 0 Å². The van der Waals surface area contributed by atoms with E-state index in [-0.39, 0.29) is 6.54 Å². The van der Waals surface area contributed by atoms with Crippen molar-refractivity contribution in [3.63, 3.8) is 0 Å². The van der Waals surface area contributed by atoms with Gasteiger partial charge in [0.25, 0.3) is 17.7 Å². The SMILES string of the molecule is Cc1ccc(C(=O)NCC(=O)OCC(=O)NC(=O)c2cccn2C)s1. The van der Waals surface area contributed by atoms with Crippen LogP contribution in [0.2, 0.25) is 0 Å². The lowest BCUT2D eigenvalue weighted by molar-refractivity contribution is -0.147. The molecule has 0 radical (unpaired) electrons. The second-order valence-electron chi connectivity index (χ2n) is 5.14. The lowest BCUT2D eigenvalue weighted by atomic mass is 10.4. The minimum Gasteiger partial charge on any atom is -0.454 e. The number of carbonyl (C=O) groups excluding carboxylic acids is 4. The largest absolute Gasteiger partial charge is 0.454 e. The second-order valence-corrected chi connectivity index (χ2v) is 6.42. The molecule has 0 bridgehead atoms. The van der Waals surface area contributed by atoms with Crippen LogP contribution in [-0.4, -0.2) is 41.4 Å². The first-order valence-electron chi connectivity index (χ1n) is 7.32. The van der Waals surface area contributed by atoms with Gasteiger partial charge in [-0.05, 0) is 31.2 Å². The maximum atomic E-state index is 11.8. The molecule has 0 aromatic carbocycles. The quantitative estimate of drug-likeness (QED) is 0.732. The summed E-state index contributed by atoms with van der Waals surface area (Å²) in [5.41, 5.74) is 0.304. The molecule has 0 spiro atoms. The van der Waals surface area contributed by atoms with E-state index in [1.54, 1.807) is 42.1 Å². The van der Waals surface area contributed by atoms with Gasteiger partial charge in [0.15, 0.2) is 6.61 Å². The fraction of sp³-hybridized carbons (Fsp3) is 0.250. The van der Waals surface area contributed by atoms with Crippen molar-refractivity contribution in [2.24, 2.45) is 7.05 Å². The number of esters is 1. The number of nitrogens with zero attached hydrogens (tertiary/aromatic N) is 1. The minimum absolute atomic E-state index is 0.304. The first-order chi connectivity index (χ1) is 11.9. The van der Waals surface area contributed by atoms with Gasteiger partial charge in [0.05, 0.1) is 4.88 Å². The van der Waals surface area contributed by atoms with Crippen LogP contribution in [0.5, 0.6) is 0 Å². The third-order valence-electron chi connectivity index (χ3n) is 3.15. The molecule has 0 aliphatic rings. The summed E-state index contributed by atoms with van der Waals surface area (Å²) in [7, 11) is 1.66. The molecule has 0 fully saturated rings. The number of aryl methyl sites for hydroxylation is 2. The van der Waals surface area contributed by atoms with Gasteiger partial charge < -0.3 is 14.6 Å². The lowest BCUT2D eigenvalue weighted by Gasteiger charge is -2.07. The highest BCUT2D eigenvalue weighted by Crippen LogP contribution is 2.14. The molecule has 0 unspecified atom stereocenters. The Balaban J connectivity index is 1.70. The molecule has 0 saturated carbocycles. The van der Waals surface area contributed by atoms with Crippen molar-refractivity contribution in [1.82, 2.24) is 15.2 Å². The third-order valence-corrected chi connectivity index (χ3v) is 4.15. The highest BCUT2D eigenvalue weighted by molar-refractivity contribution is 7.13. The normalized spacial score (nSPS) is 10.2. The zero-order valence-electron chi connectivity index (χ0n) is 13.7. The Bertz CT molecular complexity index is 808. The minimum atomic E-state index is -0.775. The summed E-state index contributed by atoms with van der Waals surface area (Å²) in [6.45, 7) is 0.892. The monoisotopic (exact) mass is 363 g/mol. The van der Waals surface area contributed by atoms with Gasteiger partial charge in [0.2, 0.25) is 0 Å². The van der Waals surface area contributed by atoms with Gasteiger partial charge in [0, 0.05) is 18.1 Å². The number of hydrogen-bond donors (Lipinski definition) is 2. The van der Waals surface area contributed by atoms with E-state index < -0.39 is 30.3 Å². The zero-order valence-corrected chi connectivity index (χ0v) is 14.5. The van der Waals surface area contributed by atoms with Crippen molar-refractivity contribution in [2.45, 2.75) is 6.92 Å². The van der Waals surface area contributed by atoms with Crippen LogP contribution in [0.1, 0.15) is 25.0 Å². The Morgan fingerprint density at radius 3 is 2.52 bits per heavy atom. The van der Waals surface area contributed by atoms with E-state index in [9.17, 15) is 19.2 Å². The van der Waals surface area contributed by atoms with Gasteiger partial charge in [0.1, 0.15) is 12.2 Å². The molecule has 9 heteroatoms. The Hall–Kier alpha value is -2.94. The van der Waals surface area contributed by atoms with Crippen molar-refractivity contribution in [3.8, 4) is 0 Å². The maximum absolute atomic E-state index is 11.8. The predicted molar refractivity (Wildman–Crippen MR) is 90.2 cm³/mol. The van der Waals surface area contributed by atoms with Crippen molar-refractivity contribution in [3.05, 3.63) is 45.9 Å². The summed E-state index contributed by atoms with van der Waals surface area (Å²) in [5.74, 6) is -2.50. The summed E-state index contributed by atoms with van der Waals surface area (Å²) < 4.78 is 6.27. The highest BCUT2D eigenvalue weighted by Gasteiger charge is 2.15. The molecule has 25 heavy (non-hydrogen) atoms. The Morgan fingerprint density at radius 1 is 1.16 bits per heavy atom. The Morgan fingerprint density at radius 2 is 1.92 bits per heavy atom. The number of ether oxygens (including phenoxy) is 1. The molecule has 2 aromatic rings. The van der Waals surface area contributed by atoms with Crippen LogP contribution in [0.25, 0.3) is 0 Å². The van der Waals surface area contributed by atoms with Gasteiger partial charge in [-0.1, -0.05) is 0 Å². The van der Waals surface area contributed by atoms with Gasteiger partial charge in [-0.2, -0.15) is 0 Å². The number of carbonyl (C=O) groups is 4. The average molecular weight is 363 g/mol. The molecule has 2 heterocycles. The Labute approximate surface area is 147 Å². The number of imide groups is 1. The molecule has 132 valence electrons. The van der Waals surface area contributed by atoms with E-state index in [1.807, 2.05) is 6.92 Å². The zero-order chi connectivity index (χ0) is 18.4. The first-order valence-corrected chi connectivity index (χ1v) is 8.14. The van der Waals surface area contributed by atoms with Crippen LogP contribution in [0.3, 0.4) is 0 Å². The van der Waals surface area contributed by atoms with E-state index in [2.05, 4.69) is 10.6 Å². The topological polar surface area (TPSA) is 106 Å². The van der Waals surface area contributed by atoms with Gasteiger partial charge in [-0.25, -0.2) is 0 Å². The molecular weight excluding hydrogens is 346 g/mol. The average Bonchev–Trinajstić information content (AvgIpc) is 3.19. The second kappa shape index (κ2) is 8.25. The molecule has 2 aromatic heterocycles. The van der Waals surface area contributed by atoms with Gasteiger partial charge in [-0.3, -0.25) is 24.5 Å². The van der Waals surface area contributed by atoms with E-state index in [0.717, 1.165) is 4.88 Å². The molecule has 0 saturated heterocycles. The van der Waals surface area contributed by atoms with Crippen LogP contribution in [0.15, 0.2) is 30.5 Å².